The molecule has 0 radical (unpaired) electrons. The first-order chi connectivity index (χ1) is 13.6. The lowest BCUT2D eigenvalue weighted by Gasteiger charge is -2.13. The van der Waals surface area contributed by atoms with Crippen molar-refractivity contribution in [2.24, 2.45) is 0 Å². The summed E-state index contributed by atoms with van der Waals surface area (Å²) in [7, 11) is 0. The van der Waals surface area contributed by atoms with Crippen LogP contribution in [-0.2, 0) is 4.79 Å². The number of carbonyl (C=O) groups is 2. The molecule has 5 nitrogen and oxygen atoms in total. The van der Waals surface area contributed by atoms with Gasteiger partial charge in [-0.05, 0) is 48.0 Å². The number of carbonyl (C=O) groups excluding carboxylic acids is 2. The van der Waals surface area contributed by atoms with E-state index < -0.39 is 5.97 Å². The van der Waals surface area contributed by atoms with Gasteiger partial charge in [0.1, 0.15) is 5.75 Å². The van der Waals surface area contributed by atoms with Gasteiger partial charge in [-0.1, -0.05) is 54.3 Å². The number of benzene rings is 2. The first kappa shape index (κ1) is 18.2. The zero-order chi connectivity index (χ0) is 19.5. The highest BCUT2D eigenvalue weighted by atomic mass is 32.2. The molecule has 0 N–H and O–H groups in total. The Bertz CT molecular complexity index is 1070. The smallest absolute Gasteiger partial charge is 0.379 e. The van der Waals surface area contributed by atoms with E-state index >= 15 is 0 Å². The number of esters is 1. The molecule has 0 atom stereocenters. The number of rotatable bonds is 4. The molecule has 1 fully saturated rings. The number of hydrogen-bond acceptors (Lipinski definition) is 6. The van der Waals surface area contributed by atoms with Crippen LogP contribution >= 0.6 is 24.0 Å². The molecule has 0 unspecified atom stereocenters. The van der Waals surface area contributed by atoms with Crippen LogP contribution in [0.3, 0.4) is 0 Å². The first-order valence-electron chi connectivity index (χ1n) is 8.30. The minimum Gasteiger partial charge on any atom is -0.457 e. The van der Waals surface area contributed by atoms with Crippen molar-refractivity contribution in [2.45, 2.75) is 0 Å². The van der Waals surface area contributed by atoms with Crippen molar-refractivity contribution >= 4 is 51.9 Å². The van der Waals surface area contributed by atoms with Gasteiger partial charge in [-0.3, -0.25) is 9.69 Å². The fourth-order valence-corrected chi connectivity index (χ4v) is 3.94. The van der Waals surface area contributed by atoms with E-state index in [-0.39, 0.29) is 11.7 Å². The van der Waals surface area contributed by atoms with Crippen molar-refractivity contribution < 1.29 is 18.7 Å². The second-order valence-electron chi connectivity index (χ2n) is 5.79. The molecule has 1 aliphatic heterocycles. The summed E-state index contributed by atoms with van der Waals surface area (Å²) in [6.07, 6.45) is 3.13. The zero-order valence-electron chi connectivity index (χ0n) is 14.4. The Balaban J connectivity index is 1.55. The number of furan rings is 1. The van der Waals surface area contributed by atoms with E-state index in [0.29, 0.717) is 15.0 Å². The van der Waals surface area contributed by atoms with Crippen molar-refractivity contribution in [3.8, 4) is 5.75 Å². The molecule has 3 aromatic rings. The van der Waals surface area contributed by atoms with Gasteiger partial charge in [0.2, 0.25) is 5.76 Å². The van der Waals surface area contributed by atoms with Gasteiger partial charge in [-0.15, -0.1) is 0 Å². The third-order valence-electron chi connectivity index (χ3n) is 3.90. The van der Waals surface area contributed by atoms with Gasteiger partial charge in [0.15, 0.2) is 4.32 Å². The van der Waals surface area contributed by atoms with Crippen LogP contribution in [0.15, 0.2) is 82.3 Å². The molecule has 0 aliphatic carbocycles. The molecule has 138 valence electrons. The zero-order valence-corrected chi connectivity index (χ0v) is 16.0. The van der Waals surface area contributed by atoms with Gasteiger partial charge in [0.25, 0.3) is 5.91 Å². The fraction of sp³-hybridized carbons (Fsp3) is 0. The summed E-state index contributed by atoms with van der Waals surface area (Å²) in [5.41, 5.74) is 1.45. The summed E-state index contributed by atoms with van der Waals surface area (Å²) in [4.78, 5) is 26.8. The largest absolute Gasteiger partial charge is 0.457 e. The fourth-order valence-electron chi connectivity index (χ4n) is 2.64. The van der Waals surface area contributed by atoms with Gasteiger partial charge in [0, 0.05) is 0 Å². The monoisotopic (exact) mass is 407 g/mol. The maximum Gasteiger partial charge on any atom is 0.379 e. The van der Waals surface area contributed by atoms with Crippen LogP contribution in [0.2, 0.25) is 0 Å². The summed E-state index contributed by atoms with van der Waals surface area (Å²) in [5.74, 6) is -0.292. The highest BCUT2D eigenvalue weighted by molar-refractivity contribution is 8.27. The average Bonchev–Trinajstić information content (AvgIpc) is 3.32. The molecule has 28 heavy (non-hydrogen) atoms. The molecule has 0 bridgehead atoms. The summed E-state index contributed by atoms with van der Waals surface area (Å²) in [6.45, 7) is 0. The van der Waals surface area contributed by atoms with Crippen LogP contribution < -0.4 is 9.64 Å². The van der Waals surface area contributed by atoms with Gasteiger partial charge < -0.3 is 9.15 Å². The quantitative estimate of drug-likeness (QED) is 0.265. The lowest BCUT2D eigenvalue weighted by atomic mass is 10.2. The third-order valence-corrected chi connectivity index (χ3v) is 5.20. The van der Waals surface area contributed by atoms with Crippen LogP contribution in [0.25, 0.3) is 6.08 Å². The Morgan fingerprint density at radius 2 is 1.89 bits per heavy atom. The van der Waals surface area contributed by atoms with Gasteiger partial charge in [0.05, 0.1) is 16.9 Å². The molecule has 1 saturated heterocycles. The van der Waals surface area contributed by atoms with Gasteiger partial charge in [-0.2, -0.15) is 0 Å². The molecule has 2 heterocycles. The van der Waals surface area contributed by atoms with Crippen LogP contribution in [0.4, 0.5) is 5.69 Å². The third kappa shape index (κ3) is 3.76. The number of nitrogens with zero attached hydrogens (tertiary/aromatic N) is 1. The number of hydrogen-bond donors (Lipinski definition) is 0. The average molecular weight is 407 g/mol. The minimum absolute atomic E-state index is 0.120. The van der Waals surface area contributed by atoms with Crippen molar-refractivity contribution in [1.29, 1.82) is 0 Å². The summed E-state index contributed by atoms with van der Waals surface area (Å²) < 4.78 is 10.8. The number of ether oxygens (including phenoxy) is 1. The van der Waals surface area contributed by atoms with Crippen LogP contribution in [0, 0.1) is 0 Å². The Morgan fingerprint density at radius 3 is 2.64 bits per heavy atom. The highest BCUT2D eigenvalue weighted by Gasteiger charge is 2.33. The van der Waals surface area contributed by atoms with E-state index in [1.165, 1.54) is 29.0 Å². The summed E-state index contributed by atoms with van der Waals surface area (Å²) in [6, 6.07) is 19.3. The second kappa shape index (κ2) is 7.84. The van der Waals surface area contributed by atoms with Crippen molar-refractivity contribution in [2.75, 3.05) is 4.90 Å². The number of anilines is 1. The van der Waals surface area contributed by atoms with Crippen molar-refractivity contribution in [1.82, 2.24) is 0 Å². The van der Waals surface area contributed by atoms with E-state index in [9.17, 15) is 9.59 Å². The molecule has 1 aromatic heterocycles. The topological polar surface area (TPSA) is 59.8 Å². The Morgan fingerprint density at radius 1 is 1.07 bits per heavy atom. The summed E-state index contributed by atoms with van der Waals surface area (Å²) >= 11 is 6.60. The van der Waals surface area contributed by atoms with E-state index in [2.05, 4.69) is 0 Å². The maximum absolute atomic E-state index is 12.8. The van der Waals surface area contributed by atoms with Crippen LogP contribution in [-0.4, -0.2) is 16.2 Å². The molecule has 1 aliphatic rings. The molecular weight excluding hydrogens is 394 g/mol. The number of thiocarbonyl (C=S) groups is 1. The predicted molar refractivity (Wildman–Crippen MR) is 112 cm³/mol. The number of thioether (sulfide) groups is 1. The first-order valence-corrected chi connectivity index (χ1v) is 9.53. The molecule has 0 spiro atoms. The highest BCUT2D eigenvalue weighted by Crippen LogP contribution is 2.36. The number of amides is 1. The molecule has 7 heteroatoms. The van der Waals surface area contributed by atoms with Gasteiger partial charge >= 0.3 is 5.97 Å². The van der Waals surface area contributed by atoms with E-state index in [0.717, 1.165) is 11.3 Å². The SMILES string of the molecule is O=C(Oc1cccc(C=C2SC(=S)N(c3ccccc3)C2=O)c1)c1ccco1. The standard InChI is InChI=1S/C21H13NO4S2/c23-19-18(28-21(27)22(19)15-7-2-1-3-8-15)13-14-6-4-9-16(12-14)26-20(24)17-10-5-11-25-17/h1-13H. The van der Waals surface area contributed by atoms with Crippen LogP contribution in [0.5, 0.6) is 5.75 Å². The Hall–Kier alpha value is -3.16. The van der Waals surface area contributed by atoms with Crippen LogP contribution in [0.1, 0.15) is 16.1 Å². The molecular formula is C21H13NO4S2. The molecule has 2 aromatic carbocycles. The molecule has 4 rings (SSSR count). The summed E-state index contributed by atoms with van der Waals surface area (Å²) in [5, 5.41) is 0. The van der Waals surface area contributed by atoms with Crippen molar-refractivity contribution in [3.63, 3.8) is 0 Å². The lowest BCUT2D eigenvalue weighted by Crippen LogP contribution is -2.27. The molecule has 1 amide bonds. The Kier molecular flexibility index (Phi) is 5.10. The van der Waals surface area contributed by atoms with E-state index in [1.807, 2.05) is 36.4 Å². The predicted octanol–water partition coefficient (Wildman–Crippen LogP) is 4.90. The lowest BCUT2D eigenvalue weighted by molar-refractivity contribution is -0.113. The van der Waals surface area contributed by atoms with E-state index in [4.69, 9.17) is 21.4 Å². The normalized spacial score (nSPS) is 15.3. The second-order valence-corrected chi connectivity index (χ2v) is 7.47. The minimum atomic E-state index is -0.586. The van der Waals surface area contributed by atoms with E-state index in [1.54, 1.807) is 30.3 Å². The van der Waals surface area contributed by atoms with Gasteiger partial charge in [-0.25, -0.2) is 4.79 Å². The Labute approximate surface area is 170 Å². The maximum atomic E-state index is 12.8. The molecule has 0 saturated carbocycles. The number of para-hydroxylation sites is 1. The van der Waals surface area contributed by atoms with Crippen molar-refractivity contribution in [3.05, 3.63) is 89.2 Å².